The number of hydrogen-bond acceptors (Lipinski definition) is 3. The van der Waals surface area contributed by atoms with Crippen LogP contribution in [-0.4, -0.2) is 25.3 Å². The van der Waals surface area contributed by atoms with Gasteiger partial charge < -0.3 is 9.47 Å². The maximum absolute atomic E-state index is 12.3. The van der Waals surface area contributed by atoms with Gasteiger partial charge in [-0.25, -0.2) is 0 Å². The van der Waals surface area contributed by atoms with Gasteiger partial charge in [-0.2, -0.15) is 0 Å². The first-order valence-electron chi connectivity index (χ1n) is 6.62. The van der Waals surface area contributed by atoms with Crippen LogP contribution in [0.2, 0.25) is 0 Å². The zero-order valence-electron chi connectivity index (χ0n) is 13.3. The van der Waals surface area contributed by atoms with Crippen LogP contribution in [0.25, 0.3) is 0 Å². The number of esters is 1. The van der Waals surface area contributed by atoms with Gasteiger partial charge >= 0.3 is 5.97 Å². The molecule has 108 valence electrons. The van der Waals surface area contributed by atoms with Crippen LogP contribution < -0.4 is 0 Å². The molecule has 0 aromatic rings. The summed E-state index contributed by atoms with van der Waals surface area (Å²) in [6, 6.07) is 0. The molecule has 18 heavy (non-hydrogen) atoms. The normalized spacial score (nSPS) is 13.6. The van der Waals surface area contributed by atoms with Crippen LogP contribution in [-0.2, 0) is 14.3 Å². The van der Waals surface area contributed by atoms with E-state index >= 15 is 0 Å². The van der Waals surface area contributed by atoms with E-state index in [1.165, 1.54) is 0 Å². The molecule has 0 radical (unpaired) electrons. The monoisotopic (exact) mass is 258 g/mol. The minimum absolute atomic E-state index is 0.110. The third kappa shape index (κ3) is 7.00. The van der Waals surface area contributed by atoms with Gasteiger partial charge in [0, 0.05) is 20.1 Å². The molecule has 0 saturated heterocycles. The summed E-state index contributed by atoms with van der Waals surface area (Å²) in [4.78, 5) is 12.3. The van der Waals surface area contributed by atoms with Crippen molar-refractivity contribution in [2.45, 2.75) is 66.9 Å². The Morgan fingerprint density at radius 2 is 1.50 bits per heavy atom. The summed E-state index contributed by atoms with van der Waals surface area (Å²) in [6.45, 7) is 14.8. The second kappa shape index (κ2) is 6.05. The SMILES string of the molecule is COCCC(C)(C)OC(=O)C(C)(C)CC(C)(C)C. The van der Waals surface area contributed by atoms with Gasteiger partial charge in [0.1, 0.15) is 5.60 Å². The highest BCUT2D eigenvalue weighted by atomic mass is 16.6. The molecular formula is C15H30O3. The molecule has 0 bridgehead atoms. The van der Waals surface area contributed by atoms with Crippen molar-refractivity contribution >= 4 is 5.97 Å². The molecule has 0 aliphatic heterocycles. The molecule has 0 aromatic heterocycles. The number of rotatable bonds is 6. The van der Waals surface area contributed by atoms with Gasteiger partial charge in [0.05, 0.1) is 5.41 Å². The van der Waals surface area contributed by atoms with Crippen LogP contribution >= 0.6 is 0 Å². The summed E-state index contributed by atoms with van der Waals surface area (Å²) in [6.07, 6.45) is 1.51. The third-order valence-corrected chi connectivity index (χ3v) is 2.80. The Hall–Kier alpha value is -0.570. The zero-order chi connectivity index (χ0) is 14.6. The van der Waals surface area contributed by atoms with Gasteiger partial charge in [0.25, 0.3) is 0 Å². The van der Waals surface area contributed by atoms with E-state index in [0.717, 1.165) is 6.42 Å². The molecule has 0 amide bonds. The zero-order valence-corrected chi connectivity index (χ0v) is 13.3. The lowest BCUT2D eigenvalue weighted by molar-refractivity contribution is -0.170. The van der Waals surface area contributed by atoms with Gasteiger partial charge in [0.15, 0.2) is 0 Å². The maximum atomic E-state index is 12.3. The van der Waals surface area contributed by atoms with E-state index < -0.39 is 11.0 Å². The van der Waals surface area contributed by atoms with Gasteiger partial charge in [-0.15, -0.1) is 0 Å². The summed E-state index contributed by atoms with van der Waals surface area (Å²) in [5.41, 5.74) is -0.815. The lowest BCUT2D eigenvalue weighted by Gasteiger charge is -2.34. The van der Waals surface area contributed by atoms with Crippen molar-refractivity contribution in [2.24, 2.45) is 10.8 Å². The van der Waals surface area contributed by atoms with Crippen molar-refractivity contribution in [1.82, 2.24) is 0 Å². The fourth-order valence-corrected chi connectivity index (χ4v) is 2.19. The Balaban J connectivity index is 4.55. The number of methoxy groups -OCH3 is 1. The highest BCUT2D eigenvalue weighted by Gasteiger charge is 2.37. The van der Waals surface area contributed by atoms with Crippen LogP contribution in [0.1, 0.15) is 61.3 Å². The molecule has 0 unspecified atom stereocenters. The van der Waals surface area contributed by atoms with E-state index in [2.05, 4.69) is 20.8 Å². The van der Waals surface area contributed by atoms with Gasteiger partial charge in [-0.3, -0.25) is 4.79 Å². The van der Waals surface area contributed by atoms with E-state index in [0.29, 0.717) is 13.0 Å². The fraction of sp³-hybridized carbons (Fsp3) is 0.933. The van der Waals surface area contributed by atoms with Crippen molar-refractivity contribution in [3.8, 4) is 0 Å². The van der Waals surface area contributed by atoms with Crippen molar-refractivity contribution < 1.29 is 14.3 Å². The topological polar surface area (TPSA) is 35.5 Å². The highest BCUT2D eigenvalue weighted by Crippen LogP contribution is 2.35. The second-order valence-corrected chi connectivity index (χ2v) is 7.51. The van der Waals surface area contributed by atoms with Crippen LogP contribution in [0.15, 0.2) is 0 Å². The van der Waals surface area contributed by atoms with Crippen molar-refractivity contribution in [1.29, 1.82) is 0 Å². The van der Waals surface area contributed by atoms with Crippen LogP contribution in [0, 0.1) is 10.8 Å². The molecule has 0 rings (SSSR count). The largest absolute Gasteiger partial charge is 0.459 e. The number of hydrogen-bond donors (Lipinski definition) is 0. The summed E-state index contributed by atoms with van der Waals surface area (Å²) in [5.74, 6) is -0.126. The predicted octanol–water partition coefficient (Wildman–Crippen LogP) is 3.81. The first kappa shape index (κ1) is 17.4. The second-order valence-electron chi connectivity index (χ2n) is 7.51. The van der Waals surface area contributed by atoms with Crippen molar-refractivity contribution in [3.63, 3.8) is 0 Å². The number of carbonyl (C=O) groups excluding carboxylic acids is 1. The maximum Gasteiger partial charge on any atom is 0.312 e. The Morgan fingerprint density at radius 1 is 1.00 bits per heavy atom. The summed E-state index contributed by atoms with van der Waals surface area (Å²) in [7, 11) is 1.65. The quantitative estimate of drug-likeness (QED) is 0.680. The van der Waals surface area contributed by atoms with Crippen LogP contribution in [0.3, 0.4) is 0 Å². The molecule has 0 aliphatic carbocycles. The van der Waals surface area contributed by atoms with Crippen LogP contribution in [0.4, 0.5) is 0 Å². The van der Waals surface area contributed by atoms with E-state index in [-0.39, 0.29) is 11.4 Å². The van der Waals surface area contributed by atoms with Gasteiger partial charge in [-0.05, 0) is 39.5 Å². The van der Waals surface area contributed by atoms with E-state index in [1.807, 2.05) is 27.7 Å². The lowest BCUT2D eigenvalue weighted by atomic mass is 9.76. The van der Waals surface area contributed by atoms with E-state index in [1.54, 1.807) is 7.11 Å². The molecule has 0 aromatic carbocycles. The molecular weight excluding hydrogens is 228 g/mol. The minimum atomic E-state index is -0.470. The average molecular weight is 258 g/mol. The molecule has 0 saturated carbocycles. The Morgan fingerprint density at radius 3 is 1.89 bits per heavy atom. The molecule has 0 fully saturated rings. The average Bonchev–Trinajstić information content (AvgIpc) is 2.10. The summed E-state index contributed by atoms with van der Waals surface area (Å²) >= 11 is 0. The van der Waals surface area contributed by atoms with Gasteiger partial charge in [-0.1, -0.05) is 20.8 Å². The van der Waals surface area contributed by atoms with Crippen molar-refractivity contribution in [3.05, 3.63) is 0 Å². The molecule has 0 spiro atoms. The van der Waals surface area contributed by atoms with E-state index in [9.17, 15) is 4.79 Å². The molecule has 3 nitrogen and oxygen atoms in total. The summed E-state index contributed by atoms with van der Waals surface area (Å²) < 4.78 is 10.7. The predicted molar refractivity (Wildman–Crippen MR) is 74.5 cm³/mol. The van der Waals surface area contributed by atoms with Crippen molar-refractivity contribution in [2.75, 3.05) is 13.7 Å². The molecule has 0 atom stereocenters. The molecule has 3 heteroatoms. The smallest absolute Gasteiger partial charge is 0.312 e. The minimum Gasteiger partial charge on any atom is -0.459 e. The molecule has 0 aliphatic rings. The first-order chi connectivity index (χ1) is 7.90. The fourth-order valence-electron chi connectivity index (χ4n) is 2.19. The molecule has 0 heterocycles. The van der Waals surface area contributed by atoms with E-state index in [4.69, 9.17) is 9.47 Å². The number of ether oxygens (including phenoxy) is 2. The Labute approximate surface area is 112 Å². The summed E-state index contributed by atoms with van der Waals surface area (Å²) in [5, 5.41) is 0. The Bertz CT molecular complexity index is 272. The lowest BCUT2D eigenvalue weighted by Crippen LogP contribution is -2.38. The number of carbonyl (C=O) groups is 1. The first-order valence-corrected chi connectivity index (χ1v) is 6.62. The standard InChI is InChI=1S/C15H30O3/c1-13(2,3)11-14(4,5)12(16)18-15(6,7)9-10-17-8/h9-11H2,1-8H3. The Kier molecular flexibility index (Phi) is 5.86. The third-order valence-electron chi connectivity index (χ3n) is 2.80. The van der Waals surface area contributed by atoms with Gasteiger partial charge in [0.2, 0.25) is 0 Å². The highest BCUT2D eigenvalue weighted by molar-refractivity contribution is 5.76. The molecule has 0 N–H and O–H groups in total. The van der Waals surface area contributed by atoms with Crippen LogP contribution in [0.5, 0.6) is 0 Å².